The predicted octanol–water partition coefficient (Wildman–Crippen LogP) is 3.17. The number of nitrogens with zero attached hydrogens (tertiary/aromatic N) is 1. The summed E-state index contributed by atoms with van der Waals surface area (Å²) in [5.74, 6) is 0.393. The Hall–Kier alpha value is -2.52. The summed E-state index contributed by atoms with van der Waals surface area (Å²) < 4.78 is 29.6. The molecule has 28 heavy (non-hydrogen) atoms. The third kappa shape index (κ3) is 8.45. The highest BCUT2D eigenvalue weighted by Gasteiger charge is 2.16. The number of carbonyl (C=O) groups excluding carboxylic acids is 1. The van der Waals surface area contributed by atoms with E-state index in [-0.39, 0.29) is 16.7 Å². The molecule has 0 atom stereocenters. The fourth-order valence-electron chi connectivity index (χ4n) is 2.49. The molecule has 1 aromatic heterocycles. The van der Waals surface area contributed by atoms with Crippen LogP contribution in [-0.2, 0) is 14.9 Å². The Morgan fingerprint density at radius 3 is 2.18 bits per heavy atom. The molecule has 0 spiro atoms. The van der Waals surface area contributed by atoms with E-state index in [0.29, 0.717) is 5.82 Å². The number of anilines is 1. The van der Waals surface area contributed by atoms with Crippen LogP contribution in [0.2, 0.25) is 0 Å². The number of rotatable bonds is 7. The fraction of sp³-hybridized carbons (Fsp3) is 0.421. The molecule has 0 bridgehead atoms. The first-order chi connectivity index (χ1) is 13.2. The largest absolute Gasteiger partial charge is 0.346 e. The van der Waals surface area contributed by atoms with Crippen molar-refractivity contribution in [3.8, 4) is 0 Å². The van der Waals surface area contributed by atoms with E-state index >= 15 is 0 Å². The smallest absolute Gasteiger partial charge is 0.312 e. The first-order valence-corrected chi connectivity index (χ1v) is 10.5. The van der Waals surface area contributed by atoms with E-state index in [1.54, 1.807) is 18.2 Å². The number of aromatic nitrogens is 2. The topological polar surface area (TPSA) is 129 Å². The van der Waals surface area contributed by atoms with Gasteiger partial charge in [0, 0.05) is 12.1 Å². The average Bonchev–Trinajstić information content (AvgIpc) is 2.61. The van der Waals surface area contributed by atoms with Crippen molar-refractivity contribution in [3.63, 3.8) is 0 Å². The summed E-state index contributed by atoms with van der Waals surface area (Å²) in [7, 11) is -4.02. The van der Waals surface area contributed by atoms with Gasteiger partial charge in [0.25, 0.3) is 10.1 Å². The maximum absolute atomic E-state index is 12.0. The van der Waals surface area contributed by atoms with E-state index in [9.17, 15) is 18.0 Å². The number of aromatic amines is 1. The number of hydrogen-bond acceptors (Lipinski definition) is 5. The second kappa shape index (κ2) is 11.4. The molecule has 0 aliphatic carbocycles. The maximum Gasteiger partial charge on any atom is 0.346 e. The minimum absolute atomic E-state index is 0.0154. The van der Waals surface area contributed by atoms with E-state index in [1.165, 1.54) is 18.3 Å². The van der Waals surface area contributed by atoms with Crippen LogP contribution in [0.15, 0.2) is 46.2 Å². The Bertz CT molecular complexity index is 902. The summed E-state index contributed by atoms with van der Waals surface area (Å²) in [5.41, 5.74) is 0.503. The lowest BCUT2D eigenvalue weighted by Crippen LogP contribution is -2.24. The van der Waals surface area contributed by atoms with Gasteiger partial charge in [0.05, 0.1) is 4.90 Å². The van der Waals surface area contributed by atoms with Crippen LogP contribution in [0.4, 0.5) is 5.82 Å². The Morgan fingerprint density at radius 2 is 1.71 bits per heavy atom. The van der Waals surface area contributed by atoms with Crippen molar-refractivity contribution < 1.29 is 17.8 Å². The number of hydrogen-bond donors (Lipinski definition) is 3. The van der Waals surface area contributed by atoms with E-state index in [4.69, 9.17) is 4.55 Å². The van der Waals surface area contributed by atoms with Gasteiger partial charge in [0.2, 0.25) is 5.91 Å². The Morgan fingerprint density at radius 1 is 1.14 bits per heavy atom. The highest BCUT2D eigenvalue weighted by molar-refractivity contribution is 7.85. The van der Waals surface area contributed by atoms with Gasteiger partial charge in [-0.05, 0) is 38.0 Å². The number of carbonyl (C=O) groups is 1. The molecule has 0 unspecified atom stereocenters. The molecule has 0 aliphatic rings. The highest BCUT2D eigenvalue weighted by atomic mass is 32.2. The summed E-state index contributed by atoms with van der Waals surface area (Å²) in [6.45, 7) is 5.96. The quantitative estimate of drug-likeness (QED) is 0.602. The van der Waals surface area contributed by atoms with Gasteiger partial charge < -0.3 is 5.32 Å². The van der Waals surface area contributed by atoms with Crippen LogP contribution in [0.5, 0.6) is 0 Å². The molecule has 2 rings (SSSR count). The molecule has 1 aromatic carbocycles. The van der Waals surface area contributed by atoms with Crippen molar-refractivity contribution in [1.82, 2.24) is 9.97 Å². The molecule has 0 radical (unpaired) electrons. The molecule has 0 saturated heterocycles. The molecule has 0 fully saturated rings. The van der Waals surface area contributed by atoms with Crippen molar-refractivity contribution in [2.75, 3.05) is 5.32 Å². The zero-order chi connectivity index (χ0) is 21.2. The Kier molecular flexibility index (Phi) is 9.54. The second-order valence-corrected chi connectivity index (χ2v) is 7.76. The molecule has 8 nitrogen and oxygen atoms in total. The molecule has 1 amide bonds. The lowest BCUT2D eigenvalue weighted by atomic mass is 9.97. The van der Waals surface area contributed by atoms with Crippen LogP contribution < -0.4 is 11.0 Å². The zero-order valence-corrected chi connectivity index (χ0v) is 17.1. The number of H-pyrrole nitrogens is 1. The molecular weight excluding hydrogens is 382 g/mol. The minimum Gasteiger partial charge on any atom is -0.312 e. The molecule has 2 aromatic rings. The number of benzene rings is 1. The Balaban J connectivity index is 0.000000307. The third-order valence-corrected chi connectivity index (χ3v) is 4.76. The lowest BCUT2D eigenvalue weighted by molar-refractivity contribution is -0.120. The second-order valence-electron chi connectivity index (χ2n) is 6.34. The molecule has 3 N–H and O–H groups in total. The first kappa shape index (κ1) is 23.5. The summed E-state index contributed by atoms with van der Waals surface area (Å²) in [6, 6.07) is 7.57. The zero-order valence-electron chi connectivity index (χ0n) is 16.3. The highest BCUT2D eigenvalue weighted by Crippen LogP contribution is 2.15. The summed E-state index contributed by atoms with van der Waals surface area (Å²) in [5, 5.41) is 2.72. The van der Waals surface area contributed by atoms with Crippen LogP contribution in [0, 0.1) is 12.8 Å². The van der Waals surface area contributed by atoms with Crippen molar-refractivity contribution >= 4 is 21.8 Å². The van der Waals surface area contributed by atoms with Gasteiger partial charge in [-0.25, -0.2) is 9.78 Å². The van der Waals surface area contributed by atoms with Crippen LogP contribution in [0.1, 0.15) is 45.1 Å². The van der Waals surface area contributed by atoms with Gasteiger partial charge >= 0.3 is 5.69 Å². The van der Waals surface area contributed by atoms with E-state index in [0.717, 1.165) is 31.2 Å². The standard InChI is InChI=1S/C12H19N3O2.C7H8O3S/c1-3-5-9(6-4-2)11(16)14-10-7-8-13-12(17)15-10;1-6-2-4-7(5-3-6)11(8,9)10/h7-9H,3-6H2,1-2H3,(H2,13,14,15,16,17);2-5H,1H3,(H,8,9,10). The summed E-state index contributed by atoms with van der Waals surface area (Å²) in [6.07, 6.45) is 5.07. The van der Waals surface area contributed by atoms with Crippen molar-refractivity contribution in [1.29, 1.82) is 0 Å². The van der Waals surface area contributed by atoms with Gasteiger partial charge in [0.1, 0.15) is 5.82 Å². The molecule has 1 heterocycles. The normalized spacial score (nSPS) is 10.9. The van der Waals surface area contributed by atoms with Gasteiger partial charge in [0.15, 0.2) is 0 Å². The molecule has 154 valence electrons. The molecule has 0 saturated carbocycles. The number of amides is 1. The molecule has 9 heteroatoms. The molecular formula is C19H27N3O5S. The van der Waals surface area contributed by atoms with Gasteiger partial charge in [-0.1, -0.05) is 44.4 Å². The predicted molar refractivity (Wildman–Crippen MR) is 108 cm³/mol. The van der Waals surface area contributed by atoms with E-state index in [2.05, 4.69) is 29.1 Å². The van der Waals surface area contributed by atoms with Crippen molar-refractivity contribution in [2.45, 2.75) is 51.3 Å². The minimum atomic E-state index is -4.02. The number of nitrogens with one attached hydrogen (secondary N) is 2. The van der Waals surface area contributed by atoms with Crippen LogP contribution in [0.25, 0.3) is 0 Å². The number of aryl methyl sites for hydroxylation is 1. The van der Waals surface area contributed by atoms with Gasteiger partial charge in [-0.15, -0.1) is 0 Å². The summed E-state index contributed by atoms with van der Waals surface area (Å²) >= 11 is 0. The Labute approximate surface area is 165 Å². The van der Waals surface area contributed by atoms with Crippen LogP contribution >= 0.6 is 0 Å². The third-order valence-electron chi connectivity index (χ3n) is 3.90. The first-order valence-electron chi connectivity index (χ1n) is 9.07. The van der Waals surface area contributed by atoms with Gasteiger partial charge in [-0.2, -0.15) is 8.42 Å². The van der Waals surface area contributed by atoms with E-state index in [1.807, 2.05) is 6.92 Å². The van der Waals surface area contributed by atoms with Crippen LogP contribution in [0.3, 0.4) is 0 Å². The monoisotopic (exact) mass is 409 g/mol. The summed E-state index contributed by atoms with van der Waals surface area (Å²) in [4.78, 5) is 28.8. The molecule has 0 aliphatic heterocycles. The van der Waals surface area contributed by atoms with Crippen molar-refractivity contribution in [2.24, 2.45) is 5.92 Å². The van der Waals surface area contributed by atoms with Crippen LogP contribution in [-0.4, -0.2) is 28.8 Å². The lowest BCUT2D eigenvalue weighted by Gasteiger charge is -2.14. The maximum atomic E-state index is 12.0. The van der Waals surface area contributed by atoms with E-state index < -0.39 is 15.8 Å². The fourth-order valence-corrected chi connectivity index (χ4v) is 2.97. The average molecular weight is 410 g/mol. The van der Waals surface area contributed by atoms with Crippen molar-refractivity contribution in [3.05, 3.63) is 52.6 Å². The SMILES string of the molecule is CCCC(CCC)C(=O)Nc1ccnc(=O)[nH]1.Cc1ccc(S(=O)(=O)O)cc1. The van der Waals surface area contributed by atoms with Gasteiger partial charge in [-0.3, -0.25) is 14.3 Å².